The molecule has 2 rings (SSSR count). The van der Waals surface area contributed by atoms with Crippen LogP contribution in [0.3, 0.4) is 0 Å². The maximum atomic E-state index is 9.05. The maximum Gasteiger partial charge on any atom is 0.120 e. The standard InChI is InChI=1S/C16H16O2/c1-13(11-17)15-8-5-9-16(10-15)18-12-14-6-3-2-4-7-14/h2-10,17H,1,11-12H2. The summed E-state index contributed by atoms with van der Waals surface area (Å²) in [5.41, 5.74) is 2.73. The van der Waals surface area contributed by atoms with E-state index in [2.05, 4.69) is 6.58 Å². The van der Waals surface area contributed by atoms with Gasteiger partial charge in [0.1, 0.15) is 12.4 Å². The van der Waals surface area contributed by atoms with Crippen molar-refractivity contribution in [1.82, 2.24) is 0 Å². The summed E-state index contributed by atoms with van der Waals surface area (Å²) in [6, 6.07) is 17.6. The average Bonchev–Trinajstić information content (AvgIpc) is 2.45. The van der Waals surface area contributed by atoms with Crippen LogP contribution in [0.4, 0.5) is 0 Å². The molecule has 0 fully saturated rings. The molecule has 0 atom stereocenters. The van der Waals surface area contributed by atoms with Crippen molar-refractivity contribution in [1.29, 1.82) is 0 Å². The molecule has 0 bridgehead atoms. The highest BCUT2D eigenvalue weighted by atomic mass is 16.5. The molecule has 0 amide bonds. The van der Waals surface area contributed by atoms with Crippen molar-refractivity contribution in [2.75, 3.05) is 6.61 Å². The molecule has 2 aromatic rings. The molecule has 0 aromatic heterocycles. The van der Waals surface area contributed by atoms with Crippen LogP contribution in [0.25, 0.3) is 5.57 Å². The van der Waals surface area contributed by atoms with Gasteiger partial charge in [-0.2, -0.15) is 0 Å². The second-order valence-electron chi connectivity index (χ2n) is 4.06. The molecule has 0 saturated carbocycles. The number of aliphatic hydroxyl groups is 1. The first kappa shape index (κ1) is 12.4. The van der Waals surface area contributed by atoms with Crippen molar-refractivity contribution in [3.63, 3.8) is 0 Å². The van der Waals surface area contributed by atoms with Crippen LogP contribution >= 0.6 is 0 Å². The van der Waals surface area contributed by atoms with Crippen molar-refractivity contribution >= 4 is 5.57 Å². The molecule has 0 radical (unpaired) electrons. The third-order valence-corrected chi connectivity index (χ3v) is 2.68. The van der Waals surface area contributed by atoms with E-state index >= 15 is 0 Å². The molecule has 2 heteroatoms. The smallest absolute Gasteiger partial charge is 0.120 e. The van der Waals surface area contributed by atoms with Crippen LogP contribution in [0.2, 0.25) is 0 Å². The Bertz CT molecular complexity index is 518. The van der Waals surface area contributed by atoms with Crippen molar-refractivity contribution < 1.29 is 9.84 Å². The molecule has 0 spiro atoms. The van der Waals surface area contributed by atoms with Crippen LogP contribution in [-0.4, -0.2) is 11.7 Å². The van der Waals surface area contributed by atoms with Gasteiger partial charge < -0.3 is 9.84 Å². The predicted octanol–water partition coefficient (Wildman–Crippen LogP) is 3.27. The molecule has 0 heterocycles. The van der Waals surface area contributed by atoms with Gasteiger partial charge in [-0.25, -0.2) is 0 Å². The highest BCUT2D eigenvalue weighted by molar-refractivity contribution is 5.65. The van der Waals surface area contributed by atoms with Crippen LogP contribution in [-0.2, 0) is 6.61 Å². The van der Waals surface area contributed by atoms with Gasteiger partial charge in [-0.15, -0.1) is 0 Å². The molecule has 0 aliphatic rings. The molecule has 0 saturated heterocycles. The van der Waals surface area contributed by atoms with E-state index in [9.17, 15) is 0 Å². The Morgan fingerprint density at radius 3 is 2.56 bits per heavy atom. The molecule has 2 nitrogen and oxygen atoms in total. The summed E-state index contributed by atoms with van der Waals surface area (Å²) in [5.74, 6) is 0.783. The summed E-state index contributed by atoms with van der Waals surface area (Å²) in [7, 11) is 0. The minimum Gasteiger partial charge on any atom is -0.489 e. The third-order valence-electron chi connectivity index (χ3n) is 2.68. The van der Waals surface area contributed by atoms with Gasteiger partial charge in [0.15, 0.2) is 0 Å². The highest BCUT2D eigenvalue weighted by Crippen LogP contribution is 2.19. The zero-order chi connectivity index (χ0) is 12.8. The van der Waals surface area contributed by atoms with Gasteiger partial charge in [0.25, 0.3) is 0 Å². The van der Waals surface area contributed by atoms with E-state index < -0.39 is 0 Å². The summed E-state index contributed by atoms with van der Waals surface area (Å²) in [6.07, 6.45) is 0. The van der Waals surface area contributed by atoms with E-state index in [1.807, 2.05) is 54.6 Å². The monoisotopic (exact) mass is 240 g/mol. The fourth-order valence-electron chi connectivity index (χ4n) is 1.64. The summed E-state index contributed by atoms with van der Waals surface area (Å²) < 4.78 is 5.70. The Hall–Kier alpha value is -2.06. The van der Waals surface area contributed by atoms with Gasteiger partial charge in [-0.3, -0.25) is 0 Å². The lowest BCUT2D eigenvalue weighted by Gasteiger charge is -2.08. The van der Waals surface area contributed by atoms with Gasteiger partial charge in [-0.1, -0.05) is 49.0 Å². The zero-order valence-electron chi connectivity index (χ0n) is 10.2. The number of ether oxygens (including phenoxy) is 1. The second-order valence-corrected chi connectivity index (χ2v) is 4.06. The van der Waals surface area contributed by atoms with Crippen molar-refractivity contribution in [3.8, 4) is 5.75 Å². The van der Waals surface area contributed by atoms with Crippen molar-refractivity contribution in [3.05, 3.63) is 72.3 Å². The number of aliphatic hydroxyl groups excluding tert-OH is 1. The lowest BCUT2D eigenvalue weighted by atomic mass is 10.1. The molecule has 0 aliphatic carbocycles. The Labute approximate surface area is 107 Å². The number of hydrogen-bond donors (Lipinski definition) is 1. The van der Waals surface area contributed by atoms with Gasteiger partial charge >= 0.3 is 0 Å². The molecule has 0 aliphatic heterocycles. The minimum absolute atomic E-state index is 0.0395. The highest BCUT2D eigenvalue weighted by Gasteiger charge is 2.00. The fraction of sp³-hybridized carbons (Fsp3) is 0.125. The molecular weight excluding hydrogens is 224 g/mol. The van der Waals surface area contributed by atoms with Gasteiger partial charge in [0.05, 0.1) is 6.61 Å². The number of benzene rings is 2. The summed E-state index contributed by atoms with van der Waals surface area (Å²) >= 11 is 0. The summed E-state index contributed by atoms with van der Waals surface area (Å²) in [4.78, 5) is 0. The minimum atomic E-state index is -0.0395. The Morgan fingerprint density at radius 1 is 1.06 bits per heavy atom. The lowest BCUT2D eigenvalue weighted by Crippen LogP contribution is -1.96. The van der Waals surface area contributed by atoms with Crippen LogP contribution in [0, 0.1) is 0 Å². The molecule has 2 aromatic carbocycles. The Kier molecular flexibility index (Phi) is 4.15. The first-order valence-corrected chi connectivity index (χ1v) is 5.85. The number of hydrogen-bond acceptors (Lipinski definition) is 2. The first-order chi connectivity index (χ1) is 8.79. The lowest BCUT2D eigenvalue weighted by molar-refractivity contribution is 0.306. The van der Waals surface area contributed by atoms with E-state index in [0.717, 1.165) is 16.9 Å². The van der Waals surface area contributed by atoms with Crippen molar-refractivity contribution in [2.24, 2.45) is 0 Å². The maximum absolute atomic E-state index is 9.05. The van der Waals surface area contributed by atoms with Gasteiger partial charge in [0, 0.05) is 0 Å². The van der Waals surface area contributed by atoms with Crippen LogP contribution < -0.4 is 4.74 Å². The topological polar surface area (TPSA) is 29.5 Å². The Morgan fingerprint density at radius 2 is 1.83 bits per heavy atom. The molecule has 0 unspecified atom stereocenters. The quantitative estimate of drug-likeness (QED) is 0.869. The summed E-state index contributed by atoms with van der Waals surface area (Å²) in [5, 5.41) is 9.05. The van der Waals surface area contributed by atoms with E-state index in [0.29, 0.717) is 12.2 Å². The average molecular weight is 240 g/mol. The third kappa shape index (κ3) is 3.22. The largest absolute Gasteiger partial charge is 0.489 e. The van der Waals surface area contributed by atoms with Gasteiger partial charge in [-0.05, 0) is 28.8 Å². The van der Waals surface area contributed by atoms with E-state index in [-0.39, 0.29) is 6.61 Å². The zero-order valence-corrected chi connectivity index (χ0v) is 10.2. The van der Waals surface area contributed by atoms with Gasteiger partial charge in [0.2, 0.25) is 0 Å². The normalized spacial score (nSPS) is 10.1. The fourth-order valence-corrected chi connectivity index (χ4v) is 1.64. The van der Waals surface area contributed by atoms with Crippen LogP contribution in [0.1, 0.15) is 11.1 Å². The molecule has 18 heavy (non-hydrogen) atoms. The molecule has 92 valence electrons. The second kappa shape index (κ2) is 6.03. The van der Waals surface area contributed by atoms with Crippen LogP contribution in [0.15, 0.2) is 61.2 Å². The number of rotatable bonds is 5. The SMILES string of the molecule is C=C(CO)c1cccc(OCc2ccccc2)c1. The molecule has 1 N–H and O–H groups in total. The van der Waals surface area contributed by atoms with Crippen molar-refractivity contribution in [2.45, 2.75) is 6.61 Å². The first-order valence-electron chi connectivity index (χ1n) is 5.85. The van der Waals surface area contributed by atoms with E-state index in [1.165, 1.54) is 0 Å². The Balaban J connectivity index is 2.04. The predicted molar refractivity (Wildman–Crippen MR) is 73.3 cm³/mol. The molecular formula is C16H16O2. The van der Waals surface area contributed by atoms with E-state index in [1.54, 1.807) is 0 Å². The summed E-state index contributed by atoms with van der Waals surface area (Å²) in [6.45, 7) is 4.30. The van der Waals surface area contributed by atoms with E-state index in [4.69, 9.17) is 9.84 Å². The van der Waals surface area contributed by atoms with Crippen LogP contribution in [0.5, 0.6) is 5.75 Å².